The predicted molar refractivity (Wildman–Crippen MR) is 75.9 cm³/mol. The zero-order valence-electron chi connectivity index (χ0n) is 11.2. The third kappa shape index (κ3) is 4.67. The van der Waals surface area contributed by atoms with Crippen LogP contribution in [0, 0.1) is 17.8 Å². The van der Waals surface area contributed by atoms with Crippen molar-refractivity contribution in [3.05, 3.63) is 0 Å². The van der Waals surface area contributed by atoms with Gasteiger partial charge < -0.3 is 5.73 Å². The van der Waals surface area contributed by atoms with E-state index in [1.807, 2.05) is 0 Å². The van der Waals surface area contributed by atoms with Crippen molar-refractivity contribution >= 4 is 11.8 Å². The van der Waals surface area contributed by atoms with E-state index in [9.17, 15) is 0 Å². The van der Waals surface area contributed by atoms with Gasteiger partial charge >= 0.3 is 0 Å². The van der Waals surface area contributed by atoms with E-state index in [1.54, 1.807) is 0 Å². The second kappa shape index (κ2) is 7.60. The van der Waals surface area contributed by atoms with Crippen molar-refractivity contribution < 1.29 is 0 Å². The predicted octanol–water partition coefficient (Wildman–Crippen LogP) is 3.92. The zero-order chi connectivity index (χ0) is 12.0. The Kier molecular flexibility index (Phi) is 6.83. The fourth-order valence-corrected chi connectivity index (χ4v) is 4.00. The summed E-state index contributed by atoms with van der Waals surface area (Å²) in [5, 5.41) is 0. The molecule has 3 atom stereocenters. The Bertz CT molecular complexity index is 182. The number of rotatable bonds is 6. The maximum Gasteiger partial charge on any atom is 0.0161 e. The minimum absolute atomic E-state index is 0.439. The molecular formula is C14H29NS. The second-order valence-corrected chi connectivity index (χ2v) is 6.79. The highest BCUT2D eigenvalue weighted by molar-refractivity contribution is 7.99. The highest BCUT2D eigenvalue weighted by Gasteiger charge is 2.28. The molecule has 1 fully saturated rings. The molecule has 0 bridgehead atoms. The van der Waals surface area contributed by atoms with Gasteiger partial charge in [-0.25, -0.2) is 0 Å². The molecule has 2 N–H and O–H groups in total. The molecule has 0 amide bonds. The van der Waals surface area contributed by atoms with Crippen molar-refractivity contribution in [3.8, 4) is 0 Å². The zero-order valence-corrected chi connectivity index (χ0v) is 12.1. The van der Waals surface area contributed by atoms with Gasteiger partial charge in [-0.2, -0.15) is 11.8 Å². The molecule has 1 aliphatic carbocycles. The topological polar surface area (TPSA) is 26.0 Å². The molecule has 0 spiro atoms. The second-order valence-electron chi connectivity index (χ2n) is 5.71. The van der Waals surface area contributed by atoms with Crippen molar-refractivity contribution in [1.29, 1.82) is 0 Å². The Labute approximate surface area is 106 Å². The van der Waals surface area contributed by atoms with E-state index in [1.165, 1.54) is 43.6 Å². The smallest absolute Gasteiger partial charge is 0.0161 e. The normalized spacial score (nSPS) is 28.3. The van der Waals surface area contributed by atoms with Crippen LogP contribution in [0.4, 0.5) is 0 Å². The molecule has 0 aliphatic heterocycles. The van der Waals surface area contributed by atoms with Gasteiger partial charge in [-0.15, -0.1) is 0 Å². The highest BCUT2D eigenvalue weighted by Crippen LogP contribution is 2.34. The van der Waals surface area contributed by atoms with Crippen LogP contribution in [-0.4, -0.2) is 17.5 Å². The molecule has 1 saturated carbocycles. The molecule has 0 heterocycles. The molecule has 2 heteroatoms. The lowest BCUT2D eigenvalue weighted by molar-refractivity contribution is 0.205. The molecule has 0 saturated heterocycles. The van der Waals surface area contributed by atoms with Crippen molar-refractivity contribution in [1.82, 2.24) is 0 Å². The quantitative estimate of drug-likeness (QED) is 0.765. The fraction of sp³-hybridized carbons (Fsp3) is 1.00. The molecule has 0 aromatic rings. The lowest BCUT2D eigenvalue weighted by atomic mass is 9.75. The molecule has 0 aromatic carbocycles. The minimum Gasteiger partial charge on any atom is -0.327 e. The average molecular weight is 243 g/mol. The van der Waals surface area contributed by atoms with Gasteiger partial charge in [0.1, 0.15) is 0 Å². The molecule has 0 radical (unpaired) electrons. The van der Waals surface area contributed by atoms with Crippen molar-refractivity contribution in [3.63, 3.8) is 0 Å². The lowest BCUT2D eigenvalue weighted by Gasteiger charge is -2.35. The number of hydrogen-bond donors (Lipinski definition) is 1. The van der Waals surface area contributed by atoms with E-state index in [0.717, 1.165) is 17.8 Å². The van der Waals surface area contributed by atoms with Gasteiger partial charge in [0.25, 0.3) is 0 Å². The van der Waals surface area contributed by atoms with Crippen molar-refractivity contribution in [2.24, 2.45) is 23.5 Å². The molecule has 1 aliphatic rings. The van der Waals surface area contributed by atoms with Crippen LogP contribution in [0.25, 0.3) is 0 Å². The number of nitrogens with two attached hydrogens (primary N) is 1. The Morgan fingerprint density at radius 2 is 1.88 bits per heavy atom. The molecule has 0 aromatic heterocycles. The Morgan fingerprint density at radius 3 is 2.50 bits per heavy atom. The molecular weight excluding hydrogens is 214 g/mol. The monoisotopic (exact) mass is 243 g/mol. The van der Waals surface area contributed by atoms with Crippen LogP contribution in [0.2, 0.25) is 0 Å². The summed E-state index contributed by atoms with van der Waals surface area (Å²) in [7, 11) is 0. The Balaban J connectivity index is 2.29. The number of thioether (sulfide) groups is 1. The van der Waals surface area contributed by atoms with Gasteiger partial charge in [0.05, 0.1) is 0 Å². The van der Waals surface area contributed by atoms with E-state index in [-0.39, 0.29) is 0 Å². The summed E-state index contributed by atoms with van der Waals surface area (Å²) in [4.78, 5) is 0. The summed E-state index contributed by atoms with van der Waals surface area (Å²) < 4.78 is 0. The SMILES string of the molecule is CCC1CCCCC1C(N)CSCC(C)C. The third-order valence-electron chi connectivity index (χ3n) is 3.80. The largest absolute Gasteiger partial charge is 0.327 e. The Hall–Kier alpha value is 0.310. The summed E-state index contributed by atoms with van der Waals surface area (Å²) in [5.41, 5.74) is 6.38. The van der Waals surface area contributed by atoms with Crippen molar-refractivity contribution in [2.45, 2.75) is 58.9 Å². The third-order valence-corrected chi connectivity index (χ3v) is 5.33. The van der Waals surface area contributed by atoms with Crippen LogP contribution in [0.1, 0.15) is 52.9 Å². The first-order chi connectivity index (χ1) is 7.65. The average Bonchev–Trinajstić information content (AvgIpc) is 2.28. The van der Waals surface area contributed by atoms with Crippen LogP contribution >= 0.6 is 11.8 Å². The minimum atomic E-state index is 0.439. The highest BCUT2D eigenvalue weighted by atomic mass is 32.2. The standard InChI is InChI=1S/C14H29NS/c1-4-12-7-5-6-8-13(12)14(15)10-16-9-11(2)3/h11-14H,4-10,15H2,1-3H3. The summed E-state index contributed by atoms with van der Waals surface area (Å²) in [5.74, 6) is 4.93. The summed E-state index contributed by atoms with van der Waals surface area (Å²) in [6.07, 6.45) is 6.96. The maximum atomic E-state index is 6.38. The molecule has 96 valence electrons. The molecule has 1 nitrogen and oxygen atoms in total. The van der Waals surface area contributed by atoms with Crippen molar-refractivity contribution in [2.75, 3.05) is 11.5 Å². The lowest BCUT2D eigenvalue weighted by Crippen LogP contribution is -2.38. The van der Waals surface area contributed by atoms with Crippen LogP contribution in [0.5, 0.6) is 0 Å². The molecule has 1 rings (SSSR count). The molecule has 3 unspecified atom stereocenters. The van der Waals surface area contributed by atoms with E-state index in [4.69, 9.17) is 5.73 Å². The first-order valence-electron chi connectivity index (χ1n) is 6.98. The van der Waals surface area contributed by atoms with Gasteiger partial charge in [-0.1, -0.05) is 46.5 Å². The van der Waals surface area contributed by atoms with E-state index in [2.05, 4.69) is 32.5 Å². The van der Waals surface area contributed by atoms with Crippen LogP contribution in [0.15, 0.2) is 0 Å². The number of hydrogen-bond acceptors (Lipinski definition) is 2. The molecule has 16 heavy (non-hydrogen) atoms. The Morgan fingerprint density at radius 1 is 1.19 bits per heavy atom. The first-order valence-corrected chi connectivity index (χ1v) is 8.14. The van der Waals surface area contributed by atoms with Crippen LogP contribution in [-0.2, 0) is 0 Å². The fourth-order valence-electron chi connectivity index (χ4n) is 2.87. The van der Waals surface area contributed by atoms with Gasteiger partial charge in [0.2, 0.25) is 0 Å². The van der Waals surface area contributed by atoms with Gasteiger partial charge in [-0.05, 0) is 29.9 Å². The summed E-state index contributed by atoms with van der Waals surface area (Å²) in [6, 6.07) is 0.439. The first kappa shape index (κ1) is 14.4. The van der Waals surface area contributed by atoms with E-state index < -0.39 is 0 Å². The van der Waals surface area contributed by atoms with E-state index >= 15 is 0 Å². The van der Waals surface area contributed by atoms with Crippen LogP contribution in [0.3, 0.4) is 0 Å². The van der Waals surface area contributed by atoms with E-state index in [0.29, 0.717) is 6.04 Å². The van der Waals surface area contributed by atoms with Gasteiger partial charge in [0.15, 0.2) is 0 Å². The van der Waals surface area contributed by atoms with Crippen LogP contribution < -0.4 is 5.73 Å². The summed E-state index contributed by atoms with van der Waals surface area (Å²) >= 11 is 2.05. The van der Waals surface area contributed by atoms with Gasteiger partial charge in [0, 0.05) is 11.8 Å². The van der Waals surface area contributed by atoms with Gasteiger partial charge in [-0.3, -0.25) is 0 Å². The summed E-state index contributed by atoms with van der Waals surface area (Å²) in [6.45, 7) is 6.90. The maximum absolute atomic E-state index is 6.38.